The number of fused-ring (bicyclic) bond motifs is 1. The second kappa shape index (κ2) is 8.55. The first-order chi connectivity index (χ1) is 13.9. The van der Waals surface area contributed by atoms with Crippen LogP contribution in [-0.2, 0) is 20.8 Å². The highest BCUT2D eigenvalue weighted by molar-refractivity contribution is 6.07. The fourth-order valence-electron chi connectivity index (χ4n) is 3.38. The monoisotopic (exact) mass is 396 g/mol. The van der Waals surface area contributed by atoms with Crippen LogP contribution in [0.4, 0.5) is 5.69 Å². The van der Waals surface area contributed by atoms with Gasteiger partial charge in [-0.1, -0.05) is 36.4 Å². The third kappa shape index (κ3) is 4.43. The molecule has 1 heterocycles. The van der Waals surface area contributed by atoms with Crippen LogP contribution in [0, 0.1) is 0 Å². The second-order valence-corrected chi connectivity index (χ2v) is 6.72. The van der Waals surface area contributed by atoms with Gasteiger partial charge in [-0.25, -0.2) is 4.79 Å². The van der Waals surface area contributed by atoms with E-state index in [0.717, 1.165) is 4.90 Å². The molecule has 2 aromatic carbocycles. The fraction of sp³-hybridized carbons (Fsp3) is 0.238. The molecule has 0 saturated heterocycles. The molecular formula is C21H20N2O6. The van der Waals surface area contributed by atoms with E-state index in [2.05, 4.69) is 5.32 Å². The van der Waals surface area contributed by atoms with Gasteiger partial charge in [-0.2, -0.15) is 0 Å². The summed E-state index contributed by atoms with van der Waals surface area (Å²) in [5.41, 5.74) is 1.48. The SMILES string of the molecule is O=C(O)CC[C@@H](NC(=O)c1ccccc1)C(=O)N1c2ccccc2C[C@H]1C(=O)O. The van der Waals surface area contributed by atoms with Crippen LogP contribution in [0.15, 0.2) is 54.6 Å². The Labute approximate surface area is 166 Å². The molecule has 0 saturated carbocycles. The summed E-state index contributed by atoms with van der Waals surface area (Å²) < 4.78 is 0. The number of carbonyl (C=O) groups is 4. The molecule has 2 aromatic rings. The van der Waals surface area contributed by atoms with Crippen molar-refractivity contribution in [3.63, 3.8) is 0 Å². The Morgan fingerprint density at radius 1 is 1.00 bits per heavy atom. The number of para-hydroxylation sites is 1. The number of aliphatic carboxylic acids is 2. The zero-order valence-corrected chi connectivity index (χ0v) is 15.4. The van der Waals surface area contributed by atoms with Crippen LogP contribution in [0.25, 0.3) is 0 Å². The van der Waals surface area contributed by atoms with E-state index in [4.69, 9.17) is 5.11 Å². The Morgan fingerprint density at radius 2 is 1.66 bits per heavy atom. The van der Waals surface area contributed by atoms with Gasteiger partial charge in [0.1, 0.15) is 12.1 Å². The summed E-state index contributed by atoms with van der Waals surface area (Å²) in [6, 6.07) is 12.8. The Kier molecular flexibility index (Phi) is 5.92. The molecule has 0 fully saturated rings. The third-order valence-corrected chi connectivity index (χ3v) is 4.78. The van der Waals surface area contributed by atoms with Crippen molar-refractivity contribution in [2.75, 3.05) is 4.90 Å². The van der Waals surface area contributed by atoms with Gasteiger partial charge in [0.2, 0.25) is 5.91 Å². The smallest absolute Gasteiger partial charge is 0.327 e. The minimum Gasteiger partial charge on any atom is -0.481 e. The average molecular weight is 396 g/mol. The maximum Gasteiger partial charge on any atom is 0.327 e. The zero-order valence-electron chi connectivity index (χ0n) is 15.4. The lowest BCUT2D eigenvalue weighted by atomic mass is 10.1. The number of nitrogens with one attached hydrogen (secondary N) is 1. The minimum atomic E-state index is -1.17. The first kappa shape index (κ1) is 20.1. The molecule has 0 aromatic heterocycles. The third-order valence-electron chi connectivity index (χ3n) is 4.78. The van der Waals surface area contributed by atoms with Crippen molar-refractivity contribution in [1.82, 2.24) is 5.32 Å². The molecule has 3 rings (SSSR count). The van der Waals surface area contributed by atoms with Gasteiger partial charge in [0.25, 0.3) is 5.91 Å². The fourth-order valence-corrected chi connectivity index (χ4v) is 3.38. The number of amides is 2. The summed E-state index contributed by atoms with van der Waals surface area (Å²) in [5.74, 6) is -3.46. The molecule has 8 heteroatoms. The lowest BCUT2D eigenvalue weighted by Crippen LogP contribution is -2.53. The zero-order chi connectivity index (χ0) is 21.0. The molecule has 0 aliphatic carbocycles. The number of rotatable bonds is 7. The van der Waals surface area contributed by atoms with Crippen LogP contribution in [0.3, 0.4) is 0 Å². The van der Waals surface area contributed by atoms with Crippen molar-refractivity contribution in [1.29, 1.82) is 0 Å². The molecule has 2 atom stereocenters. The van der Waals surface area contributed by atoms with Crippen molar-refractivity contribution in [3.05, 3.63) is 65.7 Å². The quantitative estimate of drug-likeness (QED) is 0.654. The lowest BCUT2D eigenvalue weighted by Gasteiger charge is -2.28. The van der Waals surface area contributed by atoms with Crippen LogP contribution in [0.5, 0.6) is 0 Å². The van der Waals surface area contributed by atoms with Crippen LogP contribution < -0.4 is 10.2 Å². The molecule has 0 radical (unpaired) electrons. The van der Waals surface area contributed by atoms with Crippen molar-refractivity contribution in [2.45, 2.75) is 31.3 Å². The average Bonchev–Trinajstić information content (AvgIpc) is 3.11. The Balaban J connectivity index is 1.89. The van der Waals surface area contributed by atoms with Gasteiger partial charge in [0.15, 0.2) is 0 Å². The molecule has 29 heavy (non-hydrogen) atoms. The number of carboxylic acids is 2. The first-order valence-corrected chi connectivity index (χ1v) is 9.10. The van der Waals surface area contributed by atoms with Gasteiger partial charge >= 0.3 is 11.9 Å². The summed E-state index contributed by atoms with van der Waals surface area (Å²) in [7, 11) is 0. The molecule has 0 bridgehead atoms. The molecule has 1 aliphatic rings. The molecule has 1 aliphatic heterocycles. The maximum atomic E-state index is 13.3. The number of hydrogen-bond acceptors (Lipinski definition) is 4. The molecule has 8 nitrogen and oxygen atoms in total. The Bertz CT molecular complexity index is 943. The summed E-state index contributed by atoms with van der Waals surface area (Å²) in [4.78, 5) is 49.7. The highest BCUT2D eigenvalue weighted by Crippen LogP contribution is 2.33. The number of carboxylic acid groups (broad SMARTS) is 2. The summed E-state index contributed by atoms with van der Waals surface area (Å²) in [6.45, 7) is 0. The topological polar surface area (TPSA) is 124 Å². The van der Waals surface area contributed by atoms with Gasteiger partial charge in [-0.3, -0.25) is 19.3 Å². The van der Waals surface area contributed by atoms with E-state index in [1.807, 2.05) is 0 Å². The number of nitrogens with zero attached hydrogens (tertiary/aromatic N) is 1. The molecule has 0 unspecified atom stereocenters. The van der Waals surface area contributed by atoms with Crippen LogP contribution in [0.2, 0.25) is 0 Å². The maximum absolute atomic E-state index is 13.3. The van der Waals surface area contributed by atoms with E-state index in [1.165, 1.54) is 0 Å². The van der Waals surface area contributed by atoms with Gasteiger partial charge < -0.3 is 15.5 Å². The van der Waals surface area contributed by atoms with Gasteiger partial charge in [-0.15, -0.1) is 0 Å². The standard InChI is InChI=1S/C21H20N2O6/c24-18(25)11-10-15(22-19(26)13-6-2-1-3-7-13)20(27)23-16-9-5-4-8-14(16)12-17(23)21(28)29/h1-9,15,17H,10-12H2,(H,22,26)(H,24,25)(H,28,29)/t15-,17+/m1/s1. The minimum absolute atomic E-state index is 0.148. The van der Waals surface area contributed by atoms with Crippen molar-refractivity contribution in [3.8, 4) is 0 Å². The number of benzene rings is 2. The van der Waals surface area contributed by atoms with E-state index in [9.17, 15) is 24.3 Å². The predicted molar refractivity (Wildman–Crippen MR) is 104 cm³/mol. The van der Waals surface area contributed by atoms with Crippen LogP contribution in [0.1, 0.15) is 28.8 Å². The Hall–Kier alpha value is -3.68. The lowest BCUT2D eigenvalue weighted by molar-refractivity contribution is -0.140. The van der Waals surface area contributed by atoms with Gasteiger partial charge in [-0.05, 0) is 30.2 Å². The number of carbonyl (C=O) groups excluding carboxylic acids is 2. The van der Waals surface area contributed by atoms with Crippen molar-refractivity contribution < 1.29 is 29.4 Å². The normalized spacial score (nSPS) is 16.0. The first-order valence-electron chi connectivity index (χ1n) is 9.10. The highest BCUT2D eigenvalue weighted by atomic mass is 16.4. The van der Waals surface area contributed by atoms with Crippen LogP contribution >= 0.6 is 0 Å². The molecule has 3 N–H and O–H groups in total. The molecule has 0 spiro atoms. The summed E-state index contributed by atoms with van der Waals surface area (Å²) >= 11 is 0. The van der Waals surface area contributed by atoms with E-state index in [-0.39, 0.29) is 19.3 Å². The van der Waals surface area contributed by atoms with E-state index < -0.39 is 35.8 Å². The molecule has 150 valence electrons. The largest absolute Gasteiger partial charge is 0.481 e. The molecular weight excluding hydrogens is 376 g/mol. The van der Waals surface area contributed by atoms with E-state index in [1.54, 1.807) is 54.6 Å². The summed E-state index contributed by atoms with van der Waals surface area (Å²) in [5, 5.41) is 21.2. The van der Waals surface area contributed by atoms with Gasteiger partial charge in [0.05, 0.1) is 0 Å². The number of hydrogen-bond donors (Lipinski definition) is 3. The number of anilines is 1. The van der Waals surface area contributed by atoms with Crippen molar-refractivity contribution >= 4 is 29.4 Å². The van der Waals surface area contributed by atoms with E-state index >= 15 is 0 Å². The second-order valence-electron chi connectivity index (χ2n) is 6.72. The summed E-state index contributed by atoms with van der Waals surface area (Å²) in [6.07, 6.45) is -0.355. The van der Waals surface area contributed by atoms with E-state index in [0.29, 0.717) is 16.8 Å². The Morgan fingerprint density at radius 3 is 2.31 bits per heavy atom. The van der Waals surface area contributed by atoms with Crippen LogP contribution in [-0.4, -0.2) is 46.0 Å². The van der Waals surface area contributed by atoms with Crippen molar-refractivity contribution in [2.24, 2.45) is 0 Å². The molecule has 2 amide bonds. The predicted octanol–water partition coefficient (Wildman–Crippen LogP) is 1.69. The highest BCUT2D eigenvalue weighted by Gasteiger charge is 2.41. The van der Waals surface area contributed by atoms with Gasteiger partial charge in [0, 0.05) is 24.1 Å².